The number of aryl methyl sites for hydroxylation is 1. The maximum atomic E-state index is 13.6. The lowest BCUT2D eigenvalue weighted by Gasteiger charge is -2.13. The summed E-state index contributed by atoms with van der Waals surface area (Å²) in [5, 5.41) is 3.67. The second-order valence-corrected chi connectivity index (χ2v) is 7.03. The Morgan fingerprint density at radius 2 is 1.92 bits per heavy atom. The Labute approximate surface area is 148 Å². The first-order chi connectivity index (χ1) is 11.9. The quantitative estimate of drug-likeness (QED) is 0.672. The summed E-state index contributed by atoms with van der Waals surface area (Å²) in [7, 11) is 0. The molecule has 3 aromatic rings. The van der Waals surface area contributed by atoms with Gasteiger partial charge in [0, 0.05) is 11.5 Å². The van der Waals surface area contributed by atoms with E-state index in [9.17, 15) is 13.6 Å². The Hall–Kier alpha value is -2.47. The van der Waals surface area contributed by atoms with Crippen LogP contribution in [0.25, 0.3) is 10.9 Å². The molecule has 1 amide bonds. The van der Waals surface area contributed by atoms with Gasteiger partial charge >= 0.3 is 0 Å². The predicted octanol–water partition coefficient (Wildman–Crippen LogP) is 4.94. The molecule has 1 atom stereocenters. The molecule has 0 spiro atoms. The van der Waals surface area contributed by atoms with Crippen molar-refractivity contribution in [3.8, 4) is 0 Å². The first-order valence-electron chi connectivity index (χ1n) is 7.73. The van der Waals surface area contributed by atoms with Crippen molar-refractivity contribution < 1.29 is 13.6 Å². The lowest BCUT2D eigenvalue weighted by molar-refractivity contribution is -0.115. The van der Waals surface area contributed by atoms with Gasteiger partial charge in [-0.25, -0.2) is 13.8 Å². The van der Waals surface area contributed by atoms with E-state index in [-0.39, 0.29) is 5.69 Å². The fourth-order valence-electron chi connectivity index (χ4n) is 2.44. The number of hydrogen-bond acceptors (Lipinski definition) is 3. The molecule has 2 aromatic carbocycles. The average Bonchev–Trinajstić information content (AvgIpc) is 2.58. The van der Waals surface area contributed by atoms with Crippen molar-refractivity contribution in [2.45, 2.75) is 24.1 Å². The number of aromatic nitrogens is 1. The molecule has 1 aromatic heterocycles. The van der Waals surface area contributed by atoms with Gasteiger partial charge in [-0.15, -0.1) is 0 Å². The van der Waals surface area contributed by atoms with Gasteiger partial charge in [0.1, 0.15) is 11.6 Å². The molecular formula is C19H16F2N2OS. The van der Waals surface area contributed by atoms with Crippen LogP contribution in [0, 0.1) is 18.6 Å². The molecule has 0 aliphatic rings. The molecule has 3 nitrogen and oxygen atoms in total. The fourth-order valence-corrected chi connectivity index (χ4v) is 3.37. The Balaban J connectivity index is 1.76. The molecule has 0 bridgehead atoms. The zero-order chi connectivity index (χ0) is 18.0. The number of hydrogen-bond donors (Lipinski definition) is 1. The minimum Gasteiger partial charge on any atom is -0.323 e. The summed E-state index contributed by atoms with van der Waals surface area (Å²) < 4.78 is 26.9. The molecule has 0 aliphatic heterocycles. The Bertz CT molecular complexity index is 946. The Kier molecular flexibility index (Phi) is 4.99. The van der Waals surface area contributed by atoms with E-state index in [0.717, 1.165) is 34.7 Å². The number of nitrogens with zero attached hydrogens (tertiary/aromatic N) is 1. The van der Waals surface area contributed by atoms with Crippen LogP contribution in [0.3, 0.4) is 0 Å². The molecule has 25 heavy (non-hydrogen) atoms. The zero-order valence-corrected chi connectivity index (χ0v) is 14.5. The van der Waals surface area contributed by atoms with Crippen molar-refractivity contribution in [3.63, 3.8) is 0 Å². The smallest absolute Gasteiger partial charge is 0.237 e. The summed E-state index contributed by atoms with van der Waals surface area (Å²) in [6, 6.07) is 12.6. The number of rotatable bonds is 4. The molecule has 1 N–H and O–H groups in total. The second kappa shape index (κ2) is 7.19. The molecule has 128 valence electrons. The van der Waals surface area contributed by atoms with Crippen LogP contribution >= 0.6 is 11.8 Å². The van der Waals surface area contributed by atoms with Gasteiger partial charge in [-0.3, -0.25) is 4.79 Å². The molecule has 1 unspecified atom stereocenters. The van der Waals surface area contributed by atoms with Crippen LogP contribution in [-0.4, -0.2) is 16.1 Å². The van der Waals surface area contributed by atoms with Crippen LogP contribution in [0.1, 0.15) is 12.5 Å². The van der Waals surface area contributed by atoms with Gasteiger partial charge in [0.05, 0.1) is 21.5 Å². The van der Waals surface area contributed by atoms with Gasteiger partial charge in [0.15, 0.2) is 0 Å². The van der Waals surface area contributed by atoms with Crippen LogP contribution in [0.4, 0.5) is 14.5 Å². The molecule has 3 rings (SSSR count). The lowest BCUT2D eigenvalue weighted by atomic mass is 10.1. The SMILES string of the molecule is Cc1cc(SC(C)C(=O)Nc2cc(F)ccc2F)nc2ccccc12. The van der Waals surface area contributed by atoms with E-state index < -0.39 is 22.8 Å². The van der Waals surface area contributed by atoms with Crippen LogP contribution in [0.15, 0.2) is 53.6 Å². The molecule has 0 aliphatic carbocycles. The van der Waals surface area contributed by atoms with Crippen LogP contribution < -0.4 is 5.32 Å². The van der Waals surface area contributed by atoms with Crippen molar-refractivity contribution in [3.05, 3.63) is 65.7 Å². The maximum Gasteiger partial charge on any atom is 0.237 e. The summed E-state index contributed by atoms with van der Waals surface area (Å²) >= 11 is 1.27. The summed E-state index contributed by atoms with van der Waals surface area (Å²) in [6.45, 7) is 3.68. The van der Waals surface area contributed by atoms with E-state index in [1.165, 1.54) is 11.8 Å². The lowest BCUT2D eigenvalue weighted by Crippen LogP contribution is -2.23. The van der Waals surface area contributed by atoms with Crippen molar-refractivity contribution >= 4 is 34.3 Å². The zero-order valence-electron chi connectivity index (χ0n) is 13.7. The highest BCUT2D eigenvalue weighted by atomic mass is 32.2. The minimum absolute atomic E-state index is 0.167. The number of anilines is 1. The number of benzene rings is 2. The van der Waals surface area contributed by atoms with E-state index in [4.69, 9.17) is 0 Å². The third-order valence-corrected chi connectivity index (χ3v) is 4.77. The summed E-state index contributed by atoms with van der Waals surface area (Å²) in [6.07, 6.45) is 0. The normalized spacial score (nSPS) is 12.2. The van der Waals surface area contributed by atoms with Gasteiger partial charge in [-0.2, -0.15) is 0 Å². The number of carbonyl (C=O) groups excluding carboxylic acids is 1. The molecular weight excluding hydrogens is 342 g/mol. The first-order valence-corrected chi connectivity index (χ1v) is 8.61. The van der Waals surface area contributed by atoms with Crippen LogP contribution in [0.5, 0.6) is 0 Å². The number of nitrogens with one attached hydrogen (secondary N) is 1. The molecule has 0 saturated carbocycles. The highest BCUT2D eigenvalue weighted by Gasteiger charge is 2.18. The minimum atomic E-state index is -0.674. The molecule has 0 saturated heterocycles. The van der Waals surface area contributed by atoms with Crippen molar-refractivity contribution in [1.29, 1.82) is 0 Å². The summed E-state index contributed by atoms with van der Waals surface area (Å²) in [5.74, 6) is -1.70. The molecule has 6 heteroatoms. The first kappa shape index (κ1) is 17.4. The number of halogens is 2. The van der Waals surface area contributed by atoms with Gasteiger partial charge in [-0.05, 0) is 43.7 Å². The van der Waals surface area contributed by atoms with Crippen molar-refractivity contribution in [1.82, 2.24) is 4.98 Å². The number of para-hydroxylation sites is 1. The van der Waals surface area contributed by atoms with Gasteiger partial charge in [0.2, 0.25) is 5.91 Å². The Morgan fingerprint density at radius 3 is 2.72 bits per heavy atom. The topological polar surface area (TPSA) is 42.0 Å². The predicted molar refractivity (Wildman–Crippen MR) is 96.8 cm³/mol. The summed E-state index contributed by atoms with van der Waals surface area (Å²) in [4.78, 5) is 16.8. The van der Waals surface area contributed by atoms with Gasteiger partial charge < -0.3 is 5.32 Å². The number of pyridine rings is 1. The molecule has 0 radical (unpaired) electrons. The van der Waals surface area contributed by atoms with Crippen LogP contribution in [0.2, 0.25) is 0 Å². The highest BCUT2D eigenvalue weighted by molar-refractivity contribution is 8.00. The standard InChI is InChI=1S/C19H16F2N2OS/c1-11-9-18(22-16-6-4-3-5-14(11)16)25-12(2)19(24)23-17-10-13(20)7-8-15(17)21/h3-10,12H,1-2H3,(H,23,24). The summed E-state index contributed by atoms with van der Waals surface area (Å²) in [5.41, 5.74) is 1.76. The number of fused-ring (bicyclic) bond motifs is 1. The molecule has 1 heterocycles. The third-order valence-electron chi connectivity index (χ3n) is 3.75. The van der Waals surface area contributed by atoms with Gasteiger partial charge in [-0.1, -0.05) is 30.0 Å². The van der Waals surface area contributed by atoms with Crippen molar-refractivity contribution in [2.24, 2.45) is 0 Å². The third kappa shape index (κ3) is 3.96. The largest absolute Gasteiger partial charge is 0.323 e. The van der Waals surface area contributed by atoms with Crippen molar-refractivity contribution in [2.75, 3.05) is 5.32 Å². The van der Waals surface area contributed by atoms with E-state index >= 15 is 0 Å². The molecule has 0 fully saturated rings. The Morgan fingerprint density at radius 1 is 1.16 bits per heavy atom. The average molecular weight is 358 g/mol. The van der Waals surface area contributed by atoms with Gasteiger partial charge in [0.25, 0.3) is 0 Å². The monoisotopic (exact) mass is 358 g/mol. The van der Waals surface area contributed by atoms with E-state index in [2.05, 4.69) is 10.3 Å². The van der Waals surface area contributed by atoms with E-state index in [1.807, 2.05) is 37.3 Å². The van der Waals surface area contributed by atoms with E-state index in [1.54, 1.807) is 6.92 Å². The number of amides is 1. The highest BCUT2D eigenvalue weighted by Crippen LogP contribution is 2.27. The van der Waals surface area contributed by atoms with Crippen LogP contribution in [-0.2, 0) is 4.79 Å². The number of carbonyl (C=O) groups is 1. The number of thioether (sulfide) groups is 1. The fraction of sp³-hybridized carbons (Fsp3) is 0.158. The van der Waals surface area contributed by atoms with E-state index in [0.29, 0.717) is 5.03 Å². The second-order valence-electron chi connectivity index (χ2n) is 5.67. The maximum absolute atomic E-state index is 13.6.